The van der Waals surface area contributed by atoms with Crippen molar-refractivity contribution in [3.05, 3.63) is 28.2 Å². The minimum Gasteiger partial charge on any atom is -0.378 e. The second-order valence-electron chi connectivity index (χ2n) is 5.76. The Hall–Kier alpha value is -1.58. The van der Waals surface area contributed by atoms with Crippen molar-refractivity contribution < 1.29 is 9.53 Å². The molecule has 7 nitrogen and oxygen atoms in total. The maximum Gasteiger partial charge on any atom is 0.234 e. The summed E-state index contributed by atoms with van der Waals surface area (Å²) in [6, 6.07) is 5.83. The molecule has 1 saturated heterocycles. The first-order valence-electron chi connectivity index (χ1n) is 7.95. The summed E-state index contributed by atoms with van der Waals surface area (Å²) in [6.45, 7) is 5.01. The molecule has 0 aliphatic carbocycles. The topological polar surface area (TPSA) is 72.3 Å². The molecule has 1 aromatic heterocycles. The number of anilines is 2. The molecule has 1 aromatic carbocycles. The number of benzene rings is 1. The van der Waals surface area contributed by atoms with Crippen LogP contribution in [0.1, 0.15) is 5.56 Å². The molecule has 2 aromatic rings. The van der Waals surface area contributed by atoms with Crippen LogP contribution in [0.15, 0.2) is 27.8 Å². The standard InChI is InChI=1S/C16H20BrN5O2S/c1-11-3-4-13(12(17)9-11)18-14(23)10-25-16-20-19-15(21(16)2)22-5-7-24-8-6-22/h3-4,9H,5-8,10H2,1-2H3,(H,18,23). The van der Waals surface area contributed by atoms with E-state index < -0.39 is 0 Å². The molecule has 25 heavy (non-hydrogen) atoms. The van der Waals surface area contributed by atoms with Crippen LogP contribution in [-0.4, -0.2) is 52.7 Å². The van der Waals surface area contributed by atoms with E-state index in [1.54, 1.807) is 0 Å². The average molecular weight is 426 g/mol. The Morgan fingerprint density at radius 3 is 2.84 bits per heavy atom. The number of carbonyl (C=O) groups is 1. The number of thioether (sulfide) groups is 1. The Balaban J connectivity index is 1.58. The van der Waals surface area contributed by atoms with Crippen molar-refractivity contribution in [3.63, 3.8) is 0 Å². The first-order chi connectivity index (χ1) is 12.0. The number of ether oxygens (including phenoxy) is 1. The second kappa shape index (κ2) is 8.20. The number of nitrogens with zero attached hydrogens (tertiary/aromatic N) is 4. The fourth-order valence-corrected chi connectivity index (χ4v) is 3.81. The van der Waals surface area contributed by atoms with Crippen LogP contribution in [0.4, 0.5) is 11.6 Å². The molecule has 134 valence electrons. The predicted molar refractivity (Wildman–Crippen MR) is 102 cm³/mol. The van der Waals surface area contributed by atoms with E-state index in [1.165, 1.54) is 11.8 Å². The molecule has 0 saturated carbocycles. The van der Waals surface area contributed by atoms with Crippen molar-refractivity contribution in [2.24, 2.45) is 7.05 Å². The number of aryl methyl sites for hydroxylation is 1. The Labute approximate surface area is 159 Å². The summed E-state index contributed by atoms with van der Waals surface area (Å²) in [7, 11) is 1.92. The van der Waals surface area contributed by atoms with Gasteiger partial charge in [-0.25, -0.2) is 0 Å². The van der Waals surface area contributed by atoms with Gasteiger partial charge in [0.1, 0.15) is 0 Å². The molecule has 0 unspecified atom stereocenters. The maximum absolute atomic E-state index is 12.2. The summed E-state index contributed by atoms with van der Waals surface area (Å²) in [4.78, 5) is 14.3. The van der Waals surface area contributed by atoms with Crippen molar-refractivity contribution in [1.29, 1.82) is 0 Å². The van der Waals surface area contributed by atoms with E-state index in [0.29, 0.717) is 13.2 Å². The molecule has 1 fully saturated rings. The van der Waals surface area contributed by atoms with Gasteiger partial charge in [-0.15, -0.1) is 10.2 Å². The quantitative estimate of drug-likeness (QED) is 0.741. The summed E-state index contributed by atoms with van der Waals surface area (Å²) in [6.07, 6.45) is 0. The average Bonchev–Trinajstić information content (AvgIpc) is 2.97. The van der Waals surface area contributed by atoms with E-state index >= 15 is 0 Å². The second-order valence-corrected chi connectivity index (χ2v) is 7.56. The predicted octanol–water partition coefficient (Wildman–Crippen LogP) is 2.45. The van der Waals surface area contributed by atoms with E-state index in [4.69, 9.17) is 4.74 Å². The first-order valence-corrected chi connectivity index (χ1v) is 9.73. The van der Waals surface area contributed by atoms with Gasteiger partial charge in [-0.3, -0.25) is 9.36 Å². The molecular formula is C16H20BrN5O2S. The van der Waals surface area contributed by atoms with Gasteiger partial charge in [0.25, 0.3) is 0 Å². The zero-order chi connectivity index (χ0) is 17.8. The number of amides is 1. The molecule has 1 amide bonds. The fraction of sp³-hybridized carbons (Fsp3) is 0.438. The number of hydrogen-bond acceptors (Lipinski definition) is 6. The Bertz CT molecular complexity index is 761. The minimum atomic E-state index is -0.0783. The molecular weight excluding hydrogens is 406 g/mol. The highest BCUT2D eigenvalue weighted by Gasteiger charge is 2.19. The van der Waals surface area contributed by atoms with Crippen molar-refractivity contribution in [2.45, 2.75) is 12.1 Å². The number of nitrogens with one attached hydrogen (secondary N) is 1. The van der Waals surface area contributed by atoms with Crippen molar-refractivity contribution in [1.82, 2.24) is 14.8 Å². The van der Waals surface area contributed by atoms with Crippen LogP contribution in [0, 0.1) is 6.92 Å². The van der Waals surface area contributed by atoms with Crippen molar-refractivity contribution in [3.8, 4) is 0 Å². The Morgan fingerprint density at radius 2 is 2.12 bits per heavy atom. The third kappa shape index (κ3) is 4.53. The maximum atomic E-state index is 12.2. The zero-order valence-electron chi connectivity index (χ0n) is 14.2. The molecule has 0 atom stereocenters. The number of hydrogen-bond donors (Lipinski definition) is 1. The van der Waals surface area contributed by atoms with E-state index in [-0.39, 0.29) is 11.7 Å². The van der Waals surface area contributed by atoms with Gasteiger partial charge in [-0.2, -0.15) is 0 Å². The van der Waals surface area contributed by atoms with Gasteiger partial charge in [-0.1, -0.05) is 17.8 Å². The highest BCUT2D eigenvalue weighted by atomic mass is 79.9. The van der Waals surface area contributed by atoms with Crippen LogP contribution in [0.3, 0.4) is 0 Å². The van der Waals surface area contributed by atoms with Gasteiger partial charge < -0.3 is 15.0 Å². The highest BCUT2D eigenvalue weighted by Crippen LogP contribution is 2.25. The monoisotopic (exact) mass is 425 g/mol. The molecule has 9 heteroatoms. The third-order valence-corrected chi connectivity index (χ3v) is 5.51. The first kappa shape index (κ1) is 18.2. The molecule has 0 spiro atoms. The van der Waals surface area contributed by atoms with Crippen LogP contribution >= 0.6 is 27.7 Å². The minimum absolute atomic E-state index is 0.0783. The molecule has 1 aliphatic rings. The smallest absolute Gasteiger partial charge is 0.234 e. The normalized spacial score (nSPS) is 14.6. The zero-order valence-corrected chi connectivity index (χ0v) is 16.6. The number of carbonyl (C=O) groups excluding carboxylic acids is 1. The van der Waals surface area contributed by atoms with Crippen molar-refractivity contribution >= 4 is 45.2 Å². The molecule has 0 radical (unpaired) electrons. The lowest BCUT2D eigenvalue weighted by Gasteiger charge is -2.27. The summed E-state index contributed by atoms with van der Waals surface area (Å²) in [5.74, 6) is 1.01. The molecule has 1 aliphatic heterocycles. The van der Waals surface area contributed by atoms with Crippen LogP contribution in [0.25, 0.3) is 0 Å². The summed E-state index contributed by atoms with van der Waals surface area (Å²) in [5, 5.41) is 12.1. The molecule has 0 bridgehead atoms. The van der Waals surface area contributed by atoms with Gasteiger partial charge in [-0.05, 0) is 40.5 Å². The highest BCUT2D eigenvalue weighted by molar-refractivity contribution is 9.10. The fourth-order valence-electron chi connectivity index (χ4n) is 2.51. The third-order valence-electron chi connectivity index (χ3n) is 3.84. The summed E-state index contributed by atoms with van der Waals surface area (Å²) < 4.78 is 8.16. The van der Waals surface area contributed by atoms with Gasteiger partial charge in [0.2, 0.25) is 11.9 Å². The van der Waals surface area contributed by atoms with E-state index in [9.17, 15) is 4.79 Å². The number of halogens is 1. The molecule has 3 rings (SSSR count). The number of aromatic nitrogens is 3. The Morgan fingerprint density at radius 1 is 1.36 bits per heavy atom. The van der Waals surface area contributed by atoms with Crippen molar-refractivity contribution in [2.75, 3.05) is 42.3 Å². The summed E-state index contributed by atoms with van der Waals surface area (Å²) >= 11 is 4.84. The number of morpholine rings is 1. The largest absolute Gasteiger partial charge is 0.378 e. The van der Waals surface area contributed by atoms with E-state index in [0.717, 1.165) is 39.9 Å². The van der Waals surface area contributed by atoms with Crippen LogP contribution in [-0.2, 0) is 16.6 Å². The lowest BCUT2D eigenvalue weighted by Crippen LogP contribution is -2.37. The molecule has 2 heterocycles. The van der Waals surface area contributed by atoms with E-state index in [2.05, 4.69) is 36.3 Å². The van der Waals surface area contributed by atoms with E-state index in [1.807, 2.05) is 36.7 Å². The SMILES string of the molecule is Cc1ccc(NC(=O)CSc2nnc(N3CCOCC3)n2C)c(Br)c1. The number of rotatable bonds is 5. The van der Waals surface area contributed by atoms with Gasteiger partial charge >= 0.3 is 0 Å². The van der Waals surface area contributed by atoms with Crippen LogP contribution in [0.5, 0.6) is 0 Å². The lowest BCUT2D eigenvalue weighted by molar-refractivity contribution is -0.113. The molecule has 1 N–H and O–H groups in total. The van der Waals surface area contributed by atoms with Gasteiger partial charge in [0.15, 0.2) is 5.16 Å². The van der Waals surface area contributed by atoms with Crippen LogP contribution < -0.4 is 10.2 Å². The van der Waals surface area contributed by atoms with Crippen LogP contribution in [0.2, 0.25) is 0 Å². The van der Waals surface area contributed by atoms with Gasteiger partial charge in [0.05, 0.1) is 24.7 Å². The Kier molecular flexibility index (Phi) is 5.98. The van der Waals surface area contributed by atoms with Gasteiger partial charge in [0, 0.05) is 24.6 Å². The summed E-state index contributed by atoms with van der Waals surface area (Å²) in [5.41, 5.74) is 1.90. The lowest BCUT2D eigenvalue weighted by atomic mass is 10.2.